The highest BCUT2D eigenvalue weighted by atomic mass is 79.9. The van der Waals surface area contributed by atoms with Crippen LogP contribution >= 0.6 is 27.3 Å². The van der Waals surface area contributed by atoms with Gasteiger partial charge in [-0.25, -0.2) is 9.78 Å². The van der Waals surface area contributed by atoms with Gasteiger partial charge < -0.3 is 14.4 Å². The number of thiazole rings is 1. The normalized spacial score (nSPS) is 15.2. The summed E-state index contributed by atoms with van der Waals surface area (Å²) in [5.74, 6) is 0.763. The van der Waals surface area contributed by atoms with E-state index >= 15 is 0 Å². The van der Waals surface area contributed by atoms with Crippen molar-refractivity contribution in [2.24, 2.45) is 0 Å². The zero-order valence-corrected chi connectivity index (χ0v) is 17.2. The fraction of sp³-hybridized carbons (Fsp3) is 0.444. The topological polar surface area (TPSA) is 51.7 Å². The van der Waals surface area contributed by atoms with Gasteiger partial charge in [-0.3, -0.25) is 0 Å². The lowest BCUT2D eigenvalue weighted by atomic mass is 10.1. The van der Waals surface area contributed by atoms with Crippen molar-refractivity contribution in [2.45, 2.75) is 32.8 Å². The number of carbonyl (C=O) groups is 1. The summed E-state index contributed by atoms with van der Waals surface area (Å²) < 4.78 is 12.9. The molecule has 7 heteroatoms. The van der Waals surface area contributed by atoms with Crippen molar-refractivity contribution in [3.63, 3.8) is 0 Å². The monoisotopic (exact) mass is 424 g/mol. The number of hydrogen-bond donors (Lipinski definition) is 0. The molecule has 0 spiro atoms. The molecule has 25 heavy (non-hydrogen) atoms. The maximum absolute atomic E-state index is 12.2. The third-order valence-corrected chi connectivity index (χ3v) is 5.32. The minimum Gasteiger partial charge on any atom is -0.494 e. The van der Waals surface area contributed by atoms with Crippen LogP contribution in [0.5, 0.6) is 5.75 Å². The molecule has 1 aromatic carbocycles. The van der Waals surface area contributed by atoms with E-state index in [1.54, 1.807) is 23.3 Å². The number of hydrogen-bond acceptors (Lipinski definition) is 5. The number of fused-ring (bicyclic) bond motifs is 1. The van der Waals surface area contributed by atoms with Crippen molar-refractivity contribution in [3.05, 3.63) is 27.7 Å². The number of benzene rings is 1. The second kappa shape index (κ2) is 6.96. The summed E-state index contributed by atoms with van der Waals surface area (Å²) in [7, 11) is 1.65. The molecule has 5 nitrogen and oxygen atoms in total. The molecule has 0 radical (unpaired) electrons. The molecule has 0 fully saturated rings. The zero-order valence-electron chi connectivity index (χ0n) is 14.8. The number of carbonyl (C=O) groups excluding carboxylic acids is 1. The first-order valence-electron chi connectivity index (χ1n) is 8.08. The Labute approximate surface area is 159 Å². The van der Waals surface area contributed by atoms with E-state index in [1.807, 2.05) is 26.8 Å². The van der Waals surface area contributed by atoms with Crippen molar-refractivity contribution in [1.82, 2.24) is 9.88 Å². The van der Waals surface area contributed by atoms with Crippen LogP contribution in [0.1, 0.15) is 32.2 Å². The molecule has 1 aliphatic heterocycles. The molecule has 3 rings (SSSR count). The van der Waals surface area contributed by atoms with Gasteiger partial charge in [0.1, 0.15) is 21.9 Å². The van der Waals surface area contributed by atoms with Crippen LogP contribution < -0.4 is 4.74 Å². The third kappa shape index (κ3) is 4.15. The zero-order chi connectivity index (χ0) is 18.2. The maximum Gasteiger partial charge on any atom is 0.410 e. The van der Waals surface area contributed by atoms with Gasteiger partial charge in [-0.15, -0.1) is 11.3 Å². The molecule has 0 atom stereocenters. The number of halogens is 1. The van der Waals surface area contributed by atoms with Crippen molar-refractivity contribution >= 4 is 49.1 Å². The van der Waals surface area contributed by atoms with Gasteiger partial charge in [0.2, 0.25) is 0 Å². The smallest absolute Gasteiger partial charge is 0.410 e. The molecule has 0 N–H and O–H groups in total. The summed E-state index contributed by atoms with van der Waals surface area (Å²) in [5, 5.41) is 0.982. The molecule has 1 amide bonds. The van der Waals surface area contributed by atoms with E-state index in [1.165, 1.54) is 5.57 Å². The summed E-state index contributed by atoms with van der Waals surface area (Å²) in [4.78, 5) is 18.6. The van der Waals surface area contributed by atoms with Crippen LogP contribution in [0.2, 0.25) is 0 Å². The first-order chi connectivity index (χ1) is 11.8. The van der Waals surface area contributed by atoms with E-state index < -0.39 is 5.60 Å². The van der Waals surface area contributed by atoms with Gasteiger partial charge in [0.25, 0.3) is 0 Å². The van der Waals surface area contributed by atoms with Gasteiger partial charge in [-0.2, -0.15) is 0 Å². The summed E-state index contributed by atoms with van der Waals surface area (Å²) in [5.41, 5.74) is 1.57. The van der Waals surface area contributed by atoms with Gasteiger partial charge in [-0.05, 0) is 44.9 Å². The number of amides is 1. The van der Waals surface area contributed by atoms with Crippen LogP contribution in [0, 0.1) is 0 Å². The van der Waals surface area contributed by atoms with E-state index in [4.69, 9.17) is 14.5 Å². The largest absolute Gasteiger partial charge is 0.494 e. The lowest BCUT2D eigenvalue weighted by molar-refractivity contribution is 0.0270. The summed E-state index contributed by atoms with van der Waals surface area (Å²) in [6.07, 6.45) is 2.56. The molecular weight excluding hydrogens is 404 g/mol. The molecule has 0 saturated carbocycles. The summed E-state index contributed by atoms with van der Waals surface area (Å²) in [6.45, 7) is 6.81. The Hall–Kier alpha value is -1.60. The lowest BCUT2D eigenvalue weighted by Gasteiger charge is -2.29. The summed E-state index contributed by atoms with van der Waals surface area (Å²) >= 11 is 5.15. The molecule has 1 aliphatic rings. The van der Waals surface area contributed by atoms with Crippen LogP contribution in [-0.2, 0) is 4.74 Å². The minimum atomic E-state index is -0.474. The Bertz CT molecular complexity index is 839. The van der Waals surface area contributed by atoms with Gasteiger partial charge in [-0.1, -0.05) is 22.0 Å². The van der Waals surface area contributed by atoms with Crippen molar-refractivity contribution in [1.29, 1.82) is 0 Å². The first-order valence-corrected chi connectivity index (χ1v) is 9.69. The molecule has 0 unspecified atom stereocenters. The molecular formula is C18H21BrN2O3S. The molecule has 0 saturated heterocycles. The van der Waals surface area contributed by atoms with Gasteiger partial charge in [0, 0.05) is 17.6 Å². The van der Waals surface area contributed by atoms with Crippen molar-refractivity contribution in [3.8, 4) is 5.75 Å². The van der Waals surface area contributed by atoms with E-state index in [0.717, 1.165) is 31.9 Å². The van der Waals surface area contributed by atoms with Crippen molar-refractivity contribution in [2.75, 3.05) is 20.2 Å². The Morgan fingerprint density at radius 2 is 2.12 bits per heavy atom. The van der Waals surface area contributed by atoms with E-state index in [9.17, 15) is 4.79 Å². The standard InChI is InChI=1S/C18H21BrN2O3S/c1-18(2,3)24-17(22)21-7-5-11(6-8-21)16-20-15-13(23-4)9-12(19)10-14(15)25-16/h5,9-10H,6-8H2,1-4H3. The Kier molecular flexibility index (Phi) is 5.06. The third-order valence-electron chi connectivity index (χ3n) is 3.78. The predicted molar refractivity (Wildman–Crippen MR) is 104 cm³/mol. The van der Waals surface area contributed by atoms with Crippen molar-refractivity contribution < 1.29 is 14.3 Å². The molecule has 1 aromatic heterocycles. The highest BCUT2D eigenvalue weighted by molar-refractivity contribution is 9.10. The number of aromatic nitrogens is 1. The lowest BCUT2D eigenvalue weighted by Crippen LogP contribution is -2.39. The Morgan fingerprint density at radius 3 is 2.72 bits per heavy atom. The number of rotatable bonds is 2. The number of nitrogens with zero attached hydrogens (tertiary/aromatic N) is 2. The molecule has 2 heterocycles. The Morgan fingerprint density at radius 1 is 1.36 bits per heavy atom. The fourth-order valence-electron chi connectivity index (χ4n) is 2.62. The second-order valence-electron chi connectivity index (χ2n) is 6.88. The molecule has 0 bridgehead atoms. The number of methoxy groups -OCH3 is 1. The maximum atomic E-state index is 12.2. The molecule has 134 valence electrons. The van der Waals surface area contributed by atoms with E-state index in [0.29, 0.717) is 13.1 Å². The van der Waals surface area contributed by atoms with Gasteiger partial charge in [0.15, 0.2) is 0 Å². The van der Waals surface area contributed by atoms with Crippen LogP contribution in [-0.4, -0.2) is 41.8 Å². The number of ether oxygens (including phenoxy) is 2. The predicted octanol–water partition coefficient (Wildman–Crippen LogP) is 5.09. The average molecular weight is 425 g/mol. The first kappa shape index (κ1) is 18.2. The van der Waals surface area contributed by atoms with E-state index in [-0.39, 0.29) is 6.09 Å². The second-order valence-corrected chi connectivity index (χ2v) is 8.83. The van der Waals surface area contributed by atoms with Crippen LogP contribution in [0.3, 0.4) is 0 Å². The average Bonchev–Trinajstić information content (AvgIpc) is 2.96. The SMILES string of the molecule is COc1cc(Br)cc2sc(C3=CCN(C(=O)OC(C)(C)C)CC3)nc12. The van der Waals surface area contributed by atoms with Gasteiger partial charge in [0.05, 0.1) is 11.8 Å². The highest BCUT2D eigenvalue weighted by Crippen LogP contribution is 2.37. The Balaban J connectivity index is 1.80. The molecule has 0 aliphatic carbocycles. The summed E-state index contributed by atoms with van der Waals surface area (Å²) in [6, 6.07) is 3.97. The van der Waals surface area contributed by atoms with Crippen LogP contribution in [0.4, 0.5) is 4.79 Å². The van der Waals surface area contributed by atoms with Crippen LogP contribution in [0.25, 0.3) is 15.8 Å². The van der Waals surface area contributed by atoms with Crippen LogP contribution in [0.15, 0.2) is 22.7 Å². The fourth-order valence-corrected chi connectivity index (χ4v) is 4.29. The van der Waals surface area contributed by atoms with E-state index in [2.05, 4.69) is 28.1 Å². The highest BCUT2D eigenvalue weighted by Gasteiger charge is 2.25. The minimum absolute atomic E-state index is 0.266. The van der Waals surface area contributed by atoms with Gasteiger partial charge >= 0.3 is 6.09 Å². The molecule has 2 aromatic rings. The quantitative estimate of drug-likeness (QED) is 0.673.